The smallest absolute Gasteiger partial charge is 0.347 e. The van der Waals surface area contributed by atoms with E-state index in [4.69, 9.17) is 30.5 Å². The molecule has 1 aliphatic heterocycles. The zero-order valence-electron chi connectivity index (χ0n) is 16.2. The first-order chi connectivity index (χ1) is 13.9. The molecule has 1 atom stereocenters. The van der Waals surface area contributed by atoms with Crippen molar-refractivity contribution in [3.63, 3.8) is 0 Å². The van der Waals surface area contributed by atoms with E-state index in [-0.39, 0.29) is 0 Å². The molecule has 2 aromatic carbocycles. The molecular formula is C21H22ClNO6. The van der Waals surface area contributed by atoms with Crippen LogP contribution in [0.1, 0.15) is 18.9 Å². The van der Waals surface area contributed by atoms with Crippen LogP contribution >= 0.6 is 11.6 Å². The molecule has 1 heterocycles. The maximum atomic E-state index is 12.1. The van der Waals surface area contributed by atoms with Crippen LogP contribution in [0, 0.1) is 6.92 Å². The number of benzene rings is 2. The third-order valence-electron chi connectivity index (χ3n) is 4.15. The molecule has 0 saturated heterocycles. The third-order valence-corrected chi connectivity index (χ3v) is 4.38. The molecule has 1 N–H and O–H groups in total. The first-order valence-electron chi connectivity index (χ1n) is 9.21. The number of aryl methyl sites for hydroxylation is 1. The number of halogens is 1. The molecular weight excluding hydrogens is 398 g/mol. The van der Waals surface area contributed by atoms with Gasteiger partial charge in [0.05, 0.1) is 13.2 Å². The maximum Gasteiger partial charge on any atom is 0.347 e. The highest BCUT2D eigenvalue weighted by molar-refractivity contribution is 6.30. The highest BCUT2D eigenvalue weighted by atomic mass is 35.5. The Morgan fingerprint density at radius 2 is 1.90 bits per heavy atom. The van der Waals surface area contributed by atoms with Gasteiger partial charge in [-0.2, -0.15) is 0 Å². The third kappa shape index (κ3) is 5.77. The molecule has 2 aromatic rings. The zero-order valence-corrected chi connectivity index (χ0v) is 17.0. The van der Waals surface area contributed by atoms with Gasteiger partial charge < -0.3 is 24.3 Å². The Hall–Kier alpha value is -2.93. The number of ether oxygens (including phenoxy) is 4. The fraction of sp³-hybridized carbons (Fsp3) is 0.333. The average Bonchev–Trinajstić information content (AvgIpc) is 2.93. The van der Waals surface area contributed by atoms with Crippen molar-refractivity contribution in [2.75, 3.05) is 25.1 Å². The summed E-state index contributed by atoms with van der Waals surface area (Å²) in [6.45, 7) is 4.08. The van der Waals surface area contributed by atoms with Crippen LogP contribution in [-0.2, 0) is 14.3 Å². The lowest BCUT2D eigenvalue weighted by Crippen LogP contribution is -2.30. The minimum absolute atomic E-state index is 0.430. The number of anilines is 1. The molecule has 1 aliphatic rings. The van der Waals surface area contributed by atoms with Gasteiger partial charge in [-0.05, 0) is 49.7 Å². The van der Waals surface area contributed by atoms with Gasteiger partial charge in [-0.1, -0.05) is 11.6 Å². The van der Waals surface area contributed by atoms with E-state index in [1.165, 1.54) is 0 Å². The Balaban J connectivity index is 1.49. The summed E-state index contributed by atoms with van der Waals surface area (Å²) in [7, 11) is 0. The summed E-state index contributed by atoms with van der Waals surface area (Å²) in [5.41, 5.74) is 1.32. The molecule has 0 aliphatic carbocycles. The van der Waals surface area contributed by atoms with E-state index < -0.39 is 24.6 Å². The van der Waals surface area contributed by atoms with Crippen LogP contribution in [0.25, 0.3) is 0 Å². The molecule has 0 aromatic heterocycles. The molecule has 0 bridgehead atoms. The molecule has 3 rings (SSSR count). The quantitative estimate of drug-likeness (QED) is 0.718. The summed E-state index contributed by atoms with van der Waals surface area (Å²) in [4.78, 5) is 24.2. The standard InChI is InChI=1S/C21H22ClNO6/c1-13-10-15(22)4-6-17(13)29-14(2)21(25)28-12-20(24)23-16-5-7-18-19(11-16)27-9-3-8-26-18/h4-7,10-11,14H,3,8-9,12H2,1-2H3,(H,23,24). The number of carbonyl (C=O) groups is 2. The van der Waals surface area contributed by atoms with Gasteiger partial charge in [0.1, 0.15) is 5.75 Å². The summed E-state index contributed by atoms with van der Waals surface area (Å²) in [6.07, 6.45) is -0.0806. The molecule has 1 unspecified atom stereocenters. The van der Waals surface area contributed by atoms with Gasteiger partial charge in [0.25, 0.3) is 5.91 Å². The van der Waals surface area contributed by atoms with E-state index in [9.17, 15) is 9.59 Å². The minimum atomic E-state index is -0.874. The number of hydrogen-bond acceptors (Lipinski definition) is 6. The Kier molecular flexibility index (Phi) is 6.82. The fourth-order valence-corrected chi connectivity index (χ4v) is 2.90. The Morgan fingerprint density at radius 3 is 2.66 bits per heavy atom. The summed E-state index contributed by atoms with van der Waals surface area (Å²) >= 11 is 5.91. The van der Waals surface area contributed by atoms with Crippen molar-refractivity contribution in [2.45, 2.75) is 26.4 Å². The Morgan fingerprint density at radius 1 is 1.14 bits per heavy atom. The lowest BCUT2D eigenvalue weighted by atomic mass is 10.2. The number of fused-ring (bicyclic) bond motifs is 1. The van der Waals surface area contributed by atoms with Gasteiger partial charge >= 0.3 is 5.97 Å². The summed E-state index contributed by atoms with van der Waals surface area (Å²) < 4.78 is 21.8. The number of rotatable bonds is 6. The summed E-state index contributed by atoms with van der Waals surface area (Å²) in [5.74, 6) is 0.611. The minimum Gasteiger partial charge on any atom is -0.490 e. The molecule has 7 nitrogen and oxygen atoms in total. The fourth-order valence-electron chi connectivity index (χ4n) is 2.68. The van der Waals surface area contributed by atoms with E-state index in [1.807, 2.05) is 6.92 Å². The average molecular weight is 420 g/mol. The Labute approximate surface area is 173 Å². The van der Waals surface area contributed by atoms with Gasteiger partial charge in [0.2, 0.25) is 0 Å². The molecule has 0 radical (unpaired) electrons. The molecule has 0 saturated carbocycles. The predicted octanol–water partition coefficient (Wildman–Crippen LogP) is 3.76. The van der Waals surface area contributed by atoms with Crippen LogP contribution in [0.4, 0.5) is 5.69 Å². The van der Waals surface area contributed by atoms with Gasteiger partial charge in [0.15, 0.2) is 24.2 Å². The lowest BCUT2D eigenvalue weighted by Gasteiger charge is -2.16. The van der Waals surface area contributed by atoms with Crippen LogP contribution in [0.3, 0.4) is 0 Å². The van der Waals surface area contributed by atoms with E-state index in [0.29, 0.717) is 41.2 Å². The number of carbonyl (C=O) groups excluding carboxylic acids is 2. The number of nitrogens with one attached hydrogen (secondary N) is 1. The second kappa shape index (κ2) is 9.52. The van der Waals surface area contributed by atoms with Crippen molar-refractivity contribution in [1.29, 1.82) is 0 Å². The lowest BCUT2D eigenvalue weighted by molar-refractivity contribution is -0.153. The number of amides is 1. The molecule has 1 amide bonds. The van der Waals surface area contributed by atoms with Crippen molar-refractivity contribution in [2.24, 2.45) is 0 Å². The van der Waals surface area contributed by atoms with Gasteiger partial charge in [-0.3, -0.25) is 4.79 Å². The van der Waals surface area contributed by atoms with Crippen molar-refractivity contribution >= 4 is 29.2 Å². The first-order valence-corrected chi connectivity index (χ1v) is 9.59. The van der Waals surface area contributed by atoms with Crippen LogP contribution < -0.4 is 19.5 Å². The molecule has 0 spiro atoms. The summed E-state index contributed by atoms with van der Waals surface area (Å²) in [5, 5.41) is 3.24. The normalized spacial score (nSPS) is 13.8. The first kappa shape index (κ1) is 20.8. The van der Waals surface area contributed by atoms with E-state index in [1.54, 1.807) is 43.3 Å². The summed E-state index contributed by atoms with van der Waals surface area (Å²) in [6, 6.07) is 10.2. The second-order valence-electron chi connectivity index (χ2n) is 6.54. The molecule has 8 heteroatoms. The predicted molar refractivity (Wildman–Crippen MR) is 108 cm³/mol. The van der Waals surface area contributed by atoms with Crippen LogP contribution in [0.5, 0.6) is 17.2 Å². The highest BCUT2D eigenvalue weighted by Crippen LogP contribution is 2.32. The zero-order chi connectivity index (χ0) is 20.8. The molecule has 154 valence electrons. The molecule has 29 heavy (non-hydrogen) atoms. The second-order valence-corrected chi connectivity index (χ2v) is 6.97. The maximum absolute atomic E-state index is 12.1. The largest absolute Gasteiger partial charge is 0.490 e. The van der Waals surface area contributed by atoms with Crippen LogP contribution in [0.15, 0.2) is 36.4 Å². The van der Waals surface area contributed by atoms with E-state index in [0.717, 1.165) is 12.0 Å². The van der Waals surface area contributed by atoms with Crippen LogP contribution in [-0.4, -0.2) is 37.8 Å². The van der Waals surface area contributed by atoms with Gasteiger partial charge in [-0.15, -0.1) is 0 Å². The van der Waals surface area contributed by atoms with E-state index >= 15 is 0 Å². The monoisotopic (exact) mass is 419 g/mol. The van der Waals surface area contributed by atoms with Gasteiger partial charge in [0, 0.05) is 23.2 Å². The van der Waals surface area contributed by atoms with E-state index in [2.05, 4.69) is 5.32 Å². The van der Waals surface area contributed by atoms with Crippen molar-refractivity contribution in [1.82, 2.24) is 0 Å². The Bertz CT molecular complexity index is 901. The number of hydrogen-bond donors (Lipinski definition) is 1. The molecule has 0 fully saturated rings. The van der Waals surface area contributed by atoms with Crippen molar-refractivity contribution in [3.8, 4) is 17.2 Å². The van der Waals surface area contributed by atoms with Crippen molar-refractivity contribution < 1.29 is 28.5 Å². The van der Waals surface area contributed by atoms with Crippen LogP contribution in [0.2, 0.25) is 5.02 Å². The topological polar surface area (TPSA) is 83.1 Å². The highest BCUT2D eigenvalue weighted by Gasteiger charge is 2.19. The van der Waals surface area contributed by atoms with Crippen molar-refractivity contribution in [3.05, 3.63) is 47.0 Å². The van der Waals surface area contributed by atoms with Gasteiger partial charge in [-0.25, -0.2) is 4.79 Å². The SMILES string of the molecule is Cc1cc(Cl)ccc1OC(C)C(=O)OCC(=O)Nc1ccc2c(c1)OCCCO2. The number of esters is 1.